The summed E-state index contributed by atoms with van der Waals surface area (Å²) in [5, 5.41) is 7.37. The Bertz CT molecular complexity index is 185. The Morgan fingerprint density at radius 2 is 2.08 bits per heavy atom. The fraction of sp³-hybridized carbons (Fsp3) is 0.900. The summed E-state index contributed by atoms with van der Waals surface area (Å²) in [5.41, 5.74) is 0.178. The second-order valence-corrected chi connectivity index (χ2v) is 4.79. The van der Waals surface area contributed by atoms with E-state index < -0.39 is 0 Å². The lowest BCUT2D eigenvalue weighted by atomic mass is 9.99. The van der Waals surface area contributed by atoms with Gasteiger partial charge in [-0.2, -0.15) is 0 Å². The molecule has 0 aromatic carbocycles. The first-order valence-electron chi connectivity index (χ1n) is 5.12. The molecule has 0 spiro atoms. The van der Waals surface area contributed by atoms with Gasteiger partial charge in [0.2, 0.25) is 0 Å². The van der Waals surface area contributed by atoms with Crippen molar-refractivity contribution < 1.29 is 0 Å². The van der Waals surface area contributed by atoms with E-state index in [1.165, 1.54) is 12.8 Å². The van der Waals surface area contributed by atoms with Gasteiger partial charge >= 0.3 is 0 Å². The van der Waals surface area contributed by atoms with Gasteiger partial charge in [0.15, 0.2) is 5.11 Å². The molecular formula is C10H20N2S. The van der Waals surface area contributed by atoms with Crippen LogP contribution in [0.25, 0.3) is 0 Å². The molecule has 1 aliphatic rings. The number of rotatable bonds is 4. The van der Waals surface area contributed by atoms with E-state index in [-0.39, 0.29) is 5.54 Å². The van der Waals surface area contributed by atoms with Crippen molar-refractivity contribution >= 4 is 17.3 Å². The highest BCUT2D eigenvalue weighted by Crippen LogP contribution is 2.39. The van der Waals surface area contributed by atoms with Crippen LogP contribution in [0.1, 0.15) is 40.0 Å². The maximum Gasteiger partial charge on any atom is 0.166 e. The number of hydrogen-bond acceptors (Lipinski definition) is 1. The average molecular weight is 200 g/mol. The molecule has 2 nitrogen and oxygen atoms in total. The quantitative estimate of drug-likeness (QED) is 0.679. The molecule has 0 heterocycles. The third-order valence-corrected chi connectivity index (χ3v) is 2.82. The Kier molecular flexibility index (Phi) is 3.54. The molecule has 1 aliphatic carbocycles. The molecule has 1 saturated carbocycles. The molecule has 1 fully saturated rings. The van der Waals surface area contributed by atoms with E-state index in [9.17, 15) is 0 Å². The Morgan fingerprint density at radius 1 is 1.46 bits per heavy atom. The van der Waals surface area contributed by atoms with Crippen molar-refractivity contribution in [3.8, 4) is 0 Å². The topological polar surface area (TPSA) is 24.1 Å². The molecule has 0 saturated heterocycles. The summed E-state index contributed by atoms with van der Waals surface area (Å²) < 4.78 is 0. The van der Waals surface area contributed by atoms with E-state index in [0.29, 0.717) is 0 Å². The van der Waals surface area contributed by atoms with Gasteiger partial charge in [-0.15, -0.1) is 0 Å². The van der Waals surface area contributed by atoms with Crippen molar-refractivity contribution in [2.75, 3.05) is 6.54 Å². The van der Waals surface area contributed by atoms with Crippen LogP contribution in [-0.4, -0.2) is 17.2 Å². The van der Waals surface area contributed by atoms with Crippen LogP contribution in [0.4, 0.5) is 0 Å². The lowest BCUT2D eigenvalue weighted by Gasteiger charge is -2.27. The standard InChI is InChI=1S/C10H20N2S/c1-4-7-11-9(13)12-10(2,3)8-5-6-8/h8H,4-7H2,1-3H3,(H2,11,12,13). The van der Waals surface area contributed by atoms with Crippen LogP contribution in [0.15, 0.2) is 0 Å². The summed E-state index contributed by atoms with van der Waals surface area (Å²) in [6, 6.07) is 0. The Morgan fingerprint density at radius 3 is 2.54 bits per heavy atom. The van der Waals surface area contributed by atoms with Crippen LogP contribution < -0.4 is 10.6 Å². The van der Waals surface area contributed by atoms with Gasteiger partial charge in [0.05, 0.1) is 0 Å². The largest absolute Gasteiger partial charge is 0.363 e. The number of nitrogens with one attached hydrogen (secondary N) is 2. The molecule has 3 heteroatoms. The predicted octanol–water partition coefficient (Wildman–Crippen LogP) is 2.05. The fourth-order valence-electron chi connectivity index (χ4n) is 1.48. The molecule has 1 rings (SSSR count). The van der Waals surface area contributed by atoms with E-state index in [1.54, 1.807) is 0 Å². The van der Waals surface area contributed by atoms with Gasteiger partial charge in [0.25, 0.3) is 0 Å². The molecule has 0 unspecified atom stereocenters. The summed E-state index contributed by atoms with van der Waals surface area (Å²) in [5.74, 6) is 0.814. The van der Waals surface area contributed by atoms with Crippen molar-refractivity contribution in [1.29, 1.82) is 0 Å². The Labute approximate surface area is 86.5 Å². The van der Waals surface area contributed by atoms with Crippen molar-refractivity contribution in [3.05, 3.63) is 0 Å². The molecular weight excluding hydrogens is 180 g/mol. The maximum atomic E-state index is 5.19. The lowest BCUT2D eigenvalue weighted by molar-refractivity contribution is 0.399. The Balaban J connectivity index is 2.25. The monoisotopic (exact) mass is 200 g/mol. The van der Waals surface area contributed by atoms with E-state index in [4.69, 9.17) is 12.2 Å². The van der Waals surface area contributed by atoms with E-state index >= 15 is 0 Å². The first-order chi connectivity index (χ1) is 6.06. The SMILES string of the molecule is CCCNC(=S)NC(C)(C)C1CC1. The van der Waals surface area contributed by atoms with Crippen LogP contribution in [0.3, 0.4) is 0 Å². The molecule has 2 N–H and O–H groups in total. The zero-order valence-corrected chi connectivity index (χ0v) is 9.63. The normalized spacial score (nSPS) is 16.8. The molecule has 0 radical (unpaired) electrons. The highest BCUT2D eigenvalue weighted by molar-refractivity contribution is 7.80. The fourth-order valence-corrected chi connectivity index (χ4v) is 1.85. The van der Waals surface area contributed by atoms with Crippen LogP contribution >= 0.6 is 12.2 Å². The van der Waals surface area contributed by atoms with Gasteiger partial charge in [-0.3, -0.25) is 0 Å². The highest BCUT2D eigenvalue weighted by atomic mass is 32.1. The molecule has 0 aromatic rings. The smallest absolute Gasteiger partial charge is 0.166 e. The van der Waals surface area contributed by atoms with Crippen molar-refractivity contribution in [2.45, 2.75) is 45.6 Å². The second kappa shape index (κ2) is 4.27. The zero-order valence-electron chi connectivity index (χ0n) is 8.81. The van der Waals surface area contributed by atoms with E-state index in [1.807, 2.05) is 0 Å². The lowest BCUT2D eigenvalue weighted by Crippen LogP contribution is -2.49. The predicted molar refractivity (Wildman–Crippen MR) is 60.8 cm³/mol. The minimum absolute atomic E-state index is 0.178. The van der Waals surface area contributed by atoms with Gasteiger partial charge in [0, 0.05) is 12.1 Å². The van der Waals surface area contributed by atoms with Gasteiger partial charge in [-0.25, -0.2) is 0 Å². The summed E-state index contributed by atoms with van der Waals surface area (Å²) >= 11 is 5.19. The van der Waals surface area contributed by atoms with Crippen LogP contribution in [-0.2, 0) is 0 Å². The Hall–Kier alpha value is -0.310. The molecule has 13 heavy (non-hydrogen) atoms. The second-order valence-electron chi connectivity index (χ2n) is 4.38. The van der Waals surface area contributed by atoms with E-state index in [0.717, 1.165) is 24.0 Å². The number of hydrogen-bond donors (Lipinski definition) is 2. The van der Waals surface area contributed by atoms with Crippen LogP contribution in [0.2, 0.25) is 0 Å². The average Bonchev–Trinajstić information content (AvgIpc) is 2.81. The van der Waals surface area contributed by atoms with Gasteiger partial charge < -0.3 is 10.6 Å². The molecule has 0 bridgehead atoms. The molecule has 76 valence electrons. The summed E-state index contributed by atoms with van der Waals surface area (Å²) in [6.07, 6.45) is 3.80. The minimum atomic E-state index is 0.178. The third-order valence-electron chi connectivity index (χ3n) is 2.57. The third kappa shape index (κ3) is 3.51. The van der Waals surface area contributed by atoms with Gasteiger partial charge in [0.1, 0.15) is 0 Å². The van der Waals surface area contributed by atoms with Crippen LogP contribution in [0.5, 0.6) is 0 Å². The van der Waals surface area contributed by atoms with Crippen LogP contribution in [0, 0.1) is 5.92 Å². The first kappa shape index (κ1) is 10.8. The molecule has 0 aliphatic heterocycles. The molecule has 0 aromatic heterocycles. The first-order valence-corrected chi connectivity index (χ1v) is 5.53. The number of thiocarbonyl (C=S) groups is 1. The van der Waals surface area contributed by atoms with Gasteiger partial charge in [-0.1, -0.05) is 6.92 Å². The minimum Gasteiger partial charge on any atom is -0.363 e. The summed E-state index contributed by atoms with van der Waals surface area (Å²) in [6.45, 7) is 7.56. The summed E-state index contributed by atoms with van der Waals surface area (Å²) in [7, 11) is 0. The summed E-state index contributed by atoms with van der Waals surface area (Å²) in [4.78, 5) is 0. The molecule has 0 amide bonds. The highest BCUT2D eigenvalue weighted by Gasteiger charge is 2.37. The van der Waals surface area contributed by atoms with Crippen molar-refractivity contribution in [1.82, 2.24) is 10.6 Å². The zero-order chi connectivity index (χ0) is 9.90. The van der Waals surface area contributed by atoms with E-state index in [2.05, 4.69) is 31.4 Å². The maximum absolute atomic E-state index is 5.19. The molecule has 0 atom stereocenters. The van der Waals surface area contributed by atoms with Crippen molar-refractivity contribution in [3.63, 3.8) is 0 Å². The van der Waals surface area contributed by atoms with Crippen molar-refractivity contribution in [2.24, 2.45) is 5.92 Å². The van der Waals surface area contributed by atoms with Gasteiger partial charge in [-0.05, 0) is 51.2 Å².